The first-order valence-electron chi connectivity index (χ1n) is 9.29. The van der Waals surface area contributed by atoms with E-state index in [1.165, 1.54) is 26.0 Å². The monoisotopic (exact) mass is 419 g/mol. The average molecular weight is 419 g/mol. The number of esters is 3. The fourth-order valence-corrected chi connectivity index (χ4v) is 3.58. The molecule has 1 fully saturated rings. The van der Waals surface area contributed by atoms with Crippen molar-refractivity contribution in [2.75, 3.05) is 6.61 Å². The summed E-state index contributed by atoms with van der Waals surface area (Å²) in [6, 6.07) is 5.04. The van der Waals surface area contributed by atoms with E-state index in [2.05, 4.69) is 0 Å². The van der Waals surface area contributed by atoms with Gasteiger partial charge in [0.2, 0.25) is 6.29 Å². The lowest BCUT2D eigenvalue weighted by Gasteiger charge is -2.43. The SMILES string of the molecule is CC(=O)OCC1CC(OC(C)=O)C(N2C(=O)c3ccccc3C2=O)[C@H](OC(C)=O)O1. The van der Waals surface area contributed by atoms with Crippen molar-refractivity contribution in [1.82, 2.24) is 4.90 Å². The first kappa shape index (κ1) is 21.4. The largest absolute Gasteiger partial charge is 0.463 e. The average Bonchev–Trinajstić information content (AvgIpc) is 2.90. The molecule has 0 aromatic heterocycles. The third kappa shape index (κ3) is 4.33. The first-order chi connectivity index (χ1) is 14.2. The topological polar surface area (TPSA) is 126 Å². The molecule has 0 bridgehead atoms. The molecule has 160 valence electrons. The Kier molecular flexibility index (Phi) is 6.16. The van der Waals surface area contributed by atoms with Crippen LogP contribution >= 0.6 is 0 Å². The Morgan fingerprint density at radius 1 is 0.967 bits per heavy atom. The summed E-state index contributed by atoms with van der Waals surface area (Å²) in [5.74, 6) is -3.16. The highest BCUT2D eigenvalue weighted by Gasteiger charge is 2.52. The minimum Gasteiger partial charge on any atom is -0.463 e. The smallest absolute Gasteiger partial charge is 0.305 e. The number of benzene rings is 1. The minimum atomic E-state index is -1.41. The summed E-state index contributed by atoms with van der Waals surface area (Å²) in [7, 11) is 0. The number of fused-ring (bicyclic) bond motifs is 1. The number of carbonyl (C=O) groups excluding carboxylic acids is 5. The summed E-state index contributed by atoms with van der Waals surface area (Å²) in [6.07, 6.45) is -3.22. The molecule has 2 amide bonds. The van der Waals surface area contributed by atoms with Gasteiger partial charge in [0.05, 0.1) is 17.2 Å². The Bertz CT molecular complexity index is 835. The van der Waals surface area contributed by atoms with E-state index in [-0.39, 0.29) is 24.2 Å². The number of carbonyl (C=O) groups is 5. The highest BCUT2D eigenvalue weighted by atomic mass is 16.7. The lowest BCUT2D eigenvalue weighted by molar-refractivity contribution is -0.245. The molecule has 2 aliphatic rings. The van der Waals surface area contributed by atoms with Gasteiger partial charge in [0.25, 0.3) is 11.8 Å². The molecule has 4 atom stereocenters. The van der Waals surface area contributed by atoms with Crippen LogP contribution in [-0.2, 0) is 33.3 Å². The van der Waals surface area contributed by atoms with Crippen molar-refractivity contribution in [2.24, 2.45) is 0 Å². The van der Waals surface area contributed by atoms with Crippen molar-refractivity contribution in [3.63, 3.8) is 0 Å². The van der Waals surface area contributed by atoms with Gasteiger partial charge in [-0.3, -0.25) is 28.9 Å². The predicted molar refractivity (Wildman–Crippen MR) is 98.0 cm³/mol. The molecule has 10 heteroatoms. The Balaban J connectivity index is 1.96. The highest BCUT2D eigenvalue weighted by molar-refractivity contribution is 6.21. The molecule has 0 spiro atoms. The van der Waals surface area contributed by atoms with Crippen LogP contribution < -0.4 is 0 Å². The van der Waals surface area contributed by atoms with E-state index >= 15 is 0 Å². The van der Waals surface area contributed by atoms with Crippen LogP contribution in [0.5, 0.6) is 0 Å². The van der Waals surface area contributed by atoms with Crippen LogP contribution in [0.2, 0.25) is 0 Å². The van der Waals surface area contributed by atoms with Crippen molar-refractivity contribution in [3.05, 3.63) is 35.4 Å². The van der Waals surface area contributed by atoms with Gasteiger partial charge in [0, 0.05) is 27.2 Å². The standard InChI is InChI=1S/C20H21NO9/c1-10(22)27-9-13-8-16(28-11(2)23)17(20(30-13)29-12(3)24)21-18(25)14-6-4-5-7-15(14)19(21)26/h4-7,13,16-17,20H,8-9H2,1-3H3/t13?,16?,17?,20-/m1/s1. The molecular formula is C20H21NO9. The van der Waals surface area contributed by atoms with Crippen molar-refractivity contribution >= 4 is 29.7 Å². The van der Waals surface area contributed by atoms with E-state index < -0.39 is 54.3 Å². The summed E-state index contributed by atoms with van der Waals surface area (Å²) in [5, 5.41) is 0. The maximum atomic E-state index is 13.0. The predicted octanol–water partition coefficient (Wildman–Crippen LogP) is 0.824. The molecule has 3 rings (SSSR count). The Morgan fingerprint density at radius 2 is 1.53 bits per heavy atom. The third-order valence-corrected chi connectivity index (χ3v) is 4.68. The first-order valence-corrected chi connectivity index (χ1v) is 9.29. The molecule has 0 N–H and O–H groups in total. The molecule has 1 saturated heterocycles. The van der Waals surface area contributed by atoms with Crippen molar-refractivity contribution < 1.29 is 42.9 Å². The molecule has 1 aromatic carbocycles. The Labute approximate surface area is 172 Å². The highest BCUT2D eigenvalue weighted by Crippen LogP contribution is 2.34. The summed E-state index contributed by atoms with van der Waals surface area (Å²) < 4.78 is 21.3. The van der Waals surface area contributed by atoms with E-state index in [9.17, 15) is 24.0 Å². The summed E-state index contributed by atoms with van der Waals surface area (Å²) in [5.41, 5.74) is 0.375. The molecule has 1 aromatic rings. The number of ether oxygens (including phenoxy) is 4. The fourth-order valence-electron chi connectivity index (χ4n) is 3.58. The van der Waals surface area contributed by atoms with Gasteiger partial charge in [-0.15, -0.1) is 0 Å². The fraction of sp³-hybridized carbons (Fsp3) is 0.450. The second-order valence-electron chi connectivity index (χ2n) is 6.94. The lowest BCUT2D eigenvalue weighted by Crippen LogP contribution is -2.61. The van der Waals surface area contributed by atoms with Crippen LogP contribution in [0.1, 0.15) is 47.9 Å². The molecule has 2 heterocycles. The number of amides is 2. The molecule has 0 saturated carbocycles. The van der Waals surface area contributed by atoms with Crippen LogP contribution in [-0.4, -0.2) is 65.8 Å². The molecule has 30 heavy (non-hydrogen) atoms. The third-order valence-electron chi connectivity index (χ3n) is 4.68. The second-order valence-corrected chi connectivity index (χ2v) is 6.94. The van der Waals surface area contributed by atoms with E-state index in [0.717, 1.165) is 11.8 Å². The second kappa shape index (κ2) is 8.62. The van der Waals surface area contributed by atoms with Gasteiger partial charge in [0.15, 0.2) is 0 Å². The summed E-state index contributed by atoms with van der Waals surface area (Å²) >= 11 is 0. The van der Waals surface area contributed by atoms with Crippen LogP contribution in [0, 0.1) is 0 Å². The minimum absolute atomic E-state index is 0.0166. The van der Waals surface area contributed by atoms with Gasteiger partial charge < -0.3 is 18.9 Å². The van der Waals surface area contributed by atoms with E-state index in [1.807, 2.05) is 0 Å². The number of imide groups is 1. The number of nitrogens with zero attached hydrogens (tertiary/aromatic N) is 1. The molecule has 3 unspecified atom stereocenters. The zero-order chi connectivity index (χ0) is 22.0. The van der Waals surface area contributed by atoms with Gasteiger partial charge in [-0.05, 0) is 12.1 Å². The van der Waals surface area contributed by atoms with Gasteiger partial charge >= 0.3 is 17.9 Å². The number of hydrogen-bond donors (Lipinski definition) is 0. The van der Waals surface area contributed by atoms with Gasteiger partial charge in [-0.1, -0.05) is 12.1 Å². The number of hydrogen-bond acceptors (Lipinski definition) is 9. The van der Waals surface area contributed by atoms with Crippen LogP contribution in [0.3, 0.4) is 0 Å². The molecule has 2 aliphatic heterocycles. The van der Waals surface area contributed by atoms with Crippen LogP contribution in [0.15, 0.2) is 24.3 Å². The molecular weight excluding hydrogens is 398 g/mol. The quantitative estimate of drug-likeness (QED) is 0.387. The lowest BCUT2D eigenvalue weighted by atomic mass is 9.98. The van der Waals surface area contributed by atoms with Crippen LogP contribution in [0.25, 0.3) is 0 Å². The van der Waals surface area contributed by atoms with E-state index in [1.54, 1.807) is 12.1 Å². The number of rotatable bonds is 5. The zero-order valence-electron chi connectivity index (χ0n) is 16.7. The van der Waals surface area contributed by atoms with Crippen molar-refractivity contribution in [1.29, 1.82) is 0 Å². The maximum absolute atomic E-state index is 13.0. The van der Waals surface area contributed by atoms with E-state index in [0.29, 0.717) is 0 Å². The van der Waals surface area contributed by atoms with Crippen LogP contribution in [0.4, 0.5) is 0 Å². The van der Waals surface area contributed by atoms with Crippen molar-refractivity contribution in [2.45, 2.75) is 51.7 Å². The Morgan fingerprint density at radius 3 is 2.03 bits per heavy atom. The molecule has 10 nitrogen and oxygen atoms in total. The van der Waals surface area contributed by atoms with Gasteiger partial charge in [-0.2, -0.15) is 0 Å². The van der Waals surface area contributed by atoms with E-state index in [4.69, 9.17) is 18.9 Å². The molecule has 0 aliphatic carbocycles. The Hall–Kier alpha value is -3.27. The zero-order valence-corrected chi connectivity index (χ0v) is 16.7. The maximum Gasteiger partial charge on any atom is 0.305 e. The van der Waals surface area contributed by atoms with Gasteiger partial charge in [0.1, 0.15) is 18.8 Å². The summed E-state index contributed by atoms with van der Waals surface area (Å²) in [4.78, 5) is 61.4. The normalized spacial score (nSPS) is 25.5. The van der Waals surface area contributed by atoms with Gasteiger partial charge in [-0.25, -0.2) is 0 Å². The molecule has 0 radical (unpaired) electrons. The summed E-state index contributed by atoms with van der Waals surface area (Å²) in [6.45, 7) is 3.35. The van der Waals surface area contributed by atoms with Crippen molar-refractivity contribution in [3.8, 4) is 0 Å².